The van der Waals surface area contributed by atoms with E-state index in [9.17, 15) is 9.18 Å². The maximum Gasteiger partial charge on any atom is 0.254 e. The molecule has 1 fully saturated rings. The number of nitrogens with two attached hydrogens (primary N) is 1. The second-order valence-corrected chi connectivity index (χ2v) is 4.92. The molecule has 1 aliphatic carbocycles. The van der Waals surface area contributed by atoms with Crippen molar-refractivity contribution in [2.45, 2.75) is 38.8 Å². The molecule has 3 N–H and O–H groups in total. The lowest BCUT2D eigenvalue weighted by Crippen LogP contribution is -2.48. The van der Waals surface area contributed by atoms with Gasteiger partial charge in [0.05, 0.1) is 11.7 Å². The van der Waals surface area contributed by atoms with Crippen LogP contribution in [0.15, 0.2) is 12.1 Å². The highest BCUT2D eigenvalue weighted by Gasteiger charge is 2.31. The van der Waals surface area contributed by atoms with Gasteiger partial charge in [0, 0.05) is 18.3 Å². The van der Waals surface area contributed by atoms with Gasteiger partial charge in [0.2, 0.25) is 0 Å². The molecule has 0 unspecified atom stereocenters. The highest BCUT2D eigenvalue weighted by Crippen LogP contribution is 2.24. The number of rotatable bonds is 4. The summed E-state index contributed by atoms with van der Waals surface area (Å²) in [5.74, 6) is -0.916. The van der Waals surface area contributed by atoms with Gasteiger partial charge in [-0.25, -0.2) is 4.39 Å². The van der Waals surface area contributed by atoms with Crippen molar-refractivity contribution in [3.63, 3.8) is 0 Å². The number of amides is 1. The van der Waals surface area contributed by atoms with Gasteiger partial charge in [-0.15, -0.1) is 0 Å². The van der Waals surface area contributed by atoms with Gasteiger partial charge < -0.3 is 15.8 Å². The first-order valence-corrected chi connectivity index (χ1v) is 6.49. The molecule has 0 spiro atoms. The van der Waals surface area contributed by atoms with E-state index in [1.807, 2.05) is 6.92 Å². The molecule has 19 heavy (non-hydrogen) atoms. The van der Waals surface area contributed by atoms with Crippen molar-refractivity contribution >= 4 is 11.6 Å². The Bertz CT molecular complexity index is 485. The van der Waals surface area contributed by atoms with Gasteiger partial charge in [-0.3, -0.25) is 4.79 Å². The molecule has 4 nitrogen and oxygen atoms in total. The van der Waals surface area contributed by atoms with Crippen LogP contribution < -0.4 is 11.1 Å². The first-order valence-electron chi connectivity index (χ1n) is 6.49. The Hall–Kier alpha value is -1.62. The summed E-state index contributed by atoms with van der Waals surface area (Å²) < 4.78 is 19.3. The van der Waals surface area contributed by atoms with E-state index in [4.69, 9.17) is 10.5 Å². The minimum Gasteiger partial charge on any atom is -0.399 e. The molecule has 1 saturated carbocycles. The molecule has 0 aromatic heterocycles. The first-order chi connectivity index (χ1) is 9.01. The monoisotopic (exact) mass is 266 g/mol. The van der Waals surface area contributed by atoms with Gasteiger partial charge >= 0.3 is 0 Å². The molecule has 1 amide bonds. The van der Waals surface area contributed by atoms with Crippen molar-refractivity contribution in [3.05, 3.63) is 29.1 Å². The highest BCUT2D eigenvalue weighted by molar-refractivity contribution is 5.95. The molecule has 1 aromatic rings. The third kappa shape index (κ3) is 3.04. The number of halogens is 1. The van der Waals surface area contributed by atoms with E-state index < -0.39 is 11.7 Å². The van der Waals surface area contributed by atoms with E-state index in [0.717, 1.165) is 12.8 Å². The van der Waals surface area contributed by atoms with E-state index in [1.165, 1.54) is 12.1 Å². The second kappa shape index (κ2) is 5.57. The van der Waals surface area contributed by atoms with Crippen LogP contribution in [-0.4, -0.2) is 24.7 Å². The summed E-state index contributed by atoms with van der Waals surface area (Å²) in [5.41, 5.74) is 6.42. The van der Waals surface area contributed by atoms with E-state index >= 15 is 0 Å². The normalized spacial score (nSPS) is 21.8. The van der Waals surface area contributed by atoms with E-state index in [-0.39, 0.29) is 17.7 Å². The quantitative estimate of drug-likeness (QED) is 0.819. The van der Waals surface area contributed by atoms with Crippen LogP contribution in [0.5, 0.6) is 0 Å². The van der Waals surface area contributed by atoms with E-state index in [1.54, 1.807) is 6.92 Å². The molecule has 104 valence electrons. The molecule has 0 aliphatic heterocycles. The average molecular weight is 266 g/mol. The van der Waals surface area contributed by atoms with Gasteiger partial charge in [-0.2, -0.15) is 0 Å². The van der Waals surface area contributed by atoms with Crippen LogP contribution in [0.2, 0.25) is 0 Å². The number of hydrogen-bond acceptors (Lipinski definition) is 3. The number of nitrogens with one attached hydrogen (secondary N) is 1. The fourth-order valence-electron chi connectivity index (χ4n) is 2.28. The third-order valence-corrected chi connectivity index (χ3v) is 3.35. The molecule has 0 heterocycles. The molecule has 1 aromatic carbocycles. The Labute approximate surface area is 112 Å². The maximum absolute atomic E-state index is 13.9. The molecule has 0 radical (unpaired) electrons. The molecular formula is C14H19FN2O2. The molecule has 0 bridgehead atoms. The Morgan fingerprint density at radius 2 is 2.21 bits per heavy atom. The number of anilines is 1. The minimum atomic E-state index is -0.507. The average Bonchev–Trinajstić information content (AvgIpc) is 2.31. The lowest BCUT2D eigenvalue weighted by atomic mass is 9.89. The third-order valence-electron chi connectivity index (χ3n) is 3.35. The van der Waals surface area contributed by atoms with Crippen molar-refractivity contribution in [1.29, 1.82) is 0 Å². The summed E-state index contributed by atoms with van der Waals surface area (Å²) >= 11 is 0. The Morgan fingerprint density at radius 3 is 2.84 bits per heavy atom. The largest absolute Gasteiger partial charge is 0.399 e. The van der Waals surface area contributed by atoms with Crippen LogP contribution in [0.1, 0.15) is 35.7 Å². The number of ether oxygens (including phenoxy) is 1. The fraction of sp³-hybridized carbons (Fsp3) is 0.500. The van der Waals surface area contributed by atoms with Crippen LogP contribution in [0, 0.1) is 12.7 Å². The molecule has 0 atom stereocenters. The summed E-state index contributed by atoms with van der Waals surface area (Å²) in [6, 6.07) is 2.95. The van der Waals surface area contributed by atoms with Crippen LogP contribution in [0.25, 0.3) is 0 Å². The van der Waals surface area contributed by atoms with Crippen molar-refractivity contribution in [2.75, 3.05) is 12.3 Å². The van der Waals surface area contributed by atoms with E-state index in [0.29, 0.717) is 17.9 Å². The van der Waals surface area contributed by atoms with Gasteiger partial charge in [-0.05, 0) is 44.4 Å². The van der Waals surface area contributed by atoms with Crippen LogP contribution in [0.3, 0.4) is 0 Å². The summed E-state index contributed by atoms with van der Waals surface area (Å²) in [4.78, 5) is 12.0. The number of carbonyl (C=O) groups is 1. The number of nitrogen functional groups attached to an aromatic ring is 1. The molecular weight excluding hydrogens is 247 g/mol. The predicted octanol–water partition coefficient (Wildman–Crippen LogP) is 2.01. The number of benzene rings is 1. The predicted molar refractivity (Wildman–Crippen MR) is 71.5 cm³/mol. The zero-order chi connectivity index (χ0) is 14.0. The summed E-state index contributed by atoms with van der Waals surface area (Å²) in [5, 5.41) is 2.80. The topological polar surface area (TPSA) is 64.3 Å². The maximum atomic E-state index is 13.9. The SMILES string of the molecule is CCOC1CC(NC(=O)c2cc(N)cc(C)c2F)C1. The second-order valence-electron chi connectivity index (χ2n) is 4.92. The van der Waals surface area contributed by atoms with Crippen molar-refractivity contribution in [3.8, 4) is 0 Å². The highest BCUT2D eigenvalue weighted by atomic mass is 19.1. The van der Waals surface area contributed by atoms with Crippen LogP contribution in [-0.2, 0) is 4.74 Å². The lowest BCUT2D eigenvalue weighted by Gasteiger charge is -2.35. The Morgan fingerprint density at radius 1 is 1.53 bits per heavy atom. The van der Waals surface area contributed by atoms with Crippen molar-refractivity contribution < 1.29 is 13.9 Å². The molecule has 2 rings (SSSR count). The number of aryl methyl sites for hydroxylation is 1. The molecule has 5 heteroatoms. The summed E-state index contributed by atoms with van der Waals surface area (Å²) in [6.07, 6.45) is 1.77. The van der Waals surface area contributed by atoms with Gasteiger partial charge in [0.25, 0.3) is 5.91 Å². The smallest absolute Gasteiger partial charge is 0.254 e. The minimum absolute atomic E-state index is 0.0114. The number of hydrogen-bond donors (Lipinski definition) is 2. The van der Waals surface area contributed by atoms with Crippen molar-refractivity contribution in [2.24, 2.45) is 0 Å². The van der Waals surface area contributed by atoms with Gasteiger partial charge in [0.15, 0.2) is 0 Å². The Kier molecular flexibility index (Phi) is 4.04. The van der Waals surface area contributed by atoms with Crippen LogP contribution in [0.4, 0.5) is 10.1 Å². The zero-order valence-electron chi connectivity index (χ0n) is 11.2. The van der Waals surface area contributed by atoms with Crippen molar-refractivity contribution in [1.82, 2.24) is 5.32 Å². The number of carbonyl (C=O) groups excluding carboxylic acids is 1. The lowest BCUT2D eigenvalue weighted by molar-refractivity contribution is -0.00865. The van der Waals surface area contributed by atoms with E-state index in [2.05, 4.69) is 5.32 Å². The summed E-state index contributed by atoms with van der Waals surface area (Å²) in [6.45, 7) is 4.21. The van der Waals surface area contributed by atoms with Crippen LogP contribution >= 0.6 is 0 Å². The van der Waals surface area contributed by atoms with Gasteiger partial charge in [-0.1, -0.05) is 0 Å². The summed E-state index contributed by atoms with van der Waals surface area (Å²) in [7, 11) is 0. The van der Waals surface area contributed by atoms with Gasteiger partial charge in [0.1, 0.15) is 5.82 Å². The first kappa shape index (κ1) is 13.8. The zero-order valence-corrected chi connectivity index (χ0v) is 11.2. The molecule has 0 saturated heterocycles. The standard InChI is InChI=1S/C14H19FN2O2/c1-3-19-11-6-10(7-11)17-14(18)12-5-9(16)4-8(2)13(12)15/h4-5,10-11H,3,6-7,16H2,1-2H3,(H,17,18). The fourth-order valence-corrected chi connectivity index (χ4v) is 2.28. The Balaban J connectivity index is 1.98. The molecule has 1 aliphatic rings.